The summed E-state index contributed by atoms with van der Waals surface area (Å²) in [6.45, 7) is 5.86. The fraction of sp³-hybridized carbons (Fsp3) is 0.500. The summed E-state index contributed by atoms with van der Waals surface area (Å²) in [5, 5.41) is 8.87. The molecule has 1 N–H and O–H groups in total. The molecular weight excluding hydrogens is 214 g/mol. The largest absolute Gasteiger partial charge is 0.480 e. The van der Waals surface area contributed by atoms with Gasteiger partial charge < -0.3 is 5.11 Å². The summed E-state index contributed by atoms with van der Waals surface area (Å²) in [7, 11) is 0. The van der Waals surface area contributed by atoms with Crippen molar-refractivity contribution < 1.29 is 9.90 Å². The highest BCUT2D eigenvalue weighted by Gasteiger charge is 2.10. The Labute approximate surface area is 103 Å². The fourth-order valence-electron chi connectivity index (χ4n) is 2.02. The summed E-state index contributed by atoms with van der Waals surface area (Å²) in [4.78, 5) is 12.8. The zero-order valence-electron chi connectivity index (χ0n) is 10.6. The minimum atomic E-state index is -0.757. The van der Waals surface area contributed by atoms with Crippen LogP contribution in [-0.2, 0) is 17.8 Å². The van der Waals surface area contributed by atoms with E-state index < -0.39 is 5.97 Å². The Morgan fingerprint density at radius 3 is 2.41 bits per heavy atom. The third-order valence-corrected chi connectivity index (χ3v) is 2.79. The quantitative estimate of drug-likeness (QED) is 0.789. The number of hydrogen-bond acceptors (Lipinski definition) is 2. The molecular formula is C14H21NO2. The second-order valence-corrected chi connectivity index (χ2v) is 4.23. The second-order valence-electron chi connectivity index (χ2n) is 4.23. The van der Waals surface area contributed by atoms with Gasteiger partial charge in [-0.05, 0) is 30.5 Å². The molecule has 3 nitrogen and oxygen atoms in total. The van der Waals surface area contributed by atoms with E-state index in [4.69, 9.17) is 5.11 Å². The van der Waals surface area contributed by atoms with Crippen LogP contribution in [0, 0.1) is 0 Å². The standard InChI is InChI=1S/C14H21NO2/c1-3-9-15(11-14(16)17)10-13-8-6-5-7-12(13)4-2/h5-8H,3-4,9-11H2,1-2H3,(H,16,17). The number of rotatable bonds is 7. The third-order valence-electron chi connectivity index (χ3n) is 2.79. The number of carboxylic acid groups (broad SMARTS) is 1. The number of aryl methyl sites for hydroxylation is 1. The lowest BCUT2D eigenvalue weighted by Gasteiger charge is -2.21. The smallest absolute Gasteiger partial charge is 0.317 e. The van der Waals surface area contributed by atoms with Gasteiger partial charge in [-0.1, -0.05) is 38.1 Å². The van der Waals surface area contributed by atoms with Gasteiger partial charge in [0, 0.05) is 6.54 Å². The molecule has 0 aromatic heterocycles. The van der Waals surface area contributed by atoms with Crippen LogP contribution < -0.4 is 0 Å². The van der Waals surface area contributed by atoms with E-state index in [0.29, 0.717) is 0 Å². The van der Waals surface area contributed by atoms with Crippen LogP contribution in [0.5, 0.6) is 0 Å². The molecule has 0 unspecified atom stereocenters. The monoisotopic (exact) mass is 235 g/mol. The molecule has 0 radical (unpaired) electrons. The van der Waals surface area contributed by atoms with Crippen molar-refractivity contribution in [1.29, 1.82) is 0 Å². The first kappa shape index (κ1) is 13.7. The van der Waals surface area contributed by atoms with E-state index in [1.807, 2.05) is 17.0 Å². The summed E-state index contributed by atoms with van der Waals surface area (Å²) in [6, 6.07) is 8.24. The first-order valence-electron chi connectivity index (χ1n) is 6.18. The van der Waals surface area contributed by atoms with Crippen LogP contribution in [-0.4, -0.2) is 29.1 Å². The van der Waals surface area contributed by atoms with Gasteiger partial charge in [0.1, 0.15) is 0 Å². The molecule has 1 aromatic carbocycles. The van der Waals surface area contributed by atoms with Crippen LogP contribution in [0.4, 0.5) is 0 Å². The molecule has 1 aromatic rings. The highest BCUT2D eigenvalue weighted by atomic mass is 16.4. The van der Waals surface area contributed by atoms with Gasteiger partial charge in [-0.2, -0.15) is 0 Å². The van der Waals surface area contributed by atoms with Crippen LogP contribution >= 0.6 is 0 Å². The van der Waals surface area contributed by atoms with E-state index in [9.17, 15) is 4.79 Å². The molecule has 0 fully saturated rings. The van der Waals surface area contributed by atoms with Crippen LogP contribution in [0.3, 0.4) is 0 Å². The predicted molar refractivity (Wildman–Crippen MR) is 69.0 cm³/mol. The SMILES string of the molecule is CCCN(CC(=O)O)Cc1ccccc1CC. The van der Waals surface area contributed by atoms with Crippen molar-refractivity contribution in [2.24, 2.45) is 0 Å². The van der Waals surface area contributed by atoms with E-state index in [1.54, 1.807) is 0 Å². The molecule has 0 aliphatic rings. The van der Waals surface area contributed by atoms with E-state index in [-0.39, 0.29) is 6.54 Å². The zero-order valence-corrected chi connectivity index (χ0v) is 10.6. The molecule has 0 amide bonds. The van der Waals surface area contributed by atoms with Crippen molar-refractivity contribution in [3.05, 3.63) is 35.4 Å². The van der Waals surface area contributed by atoms with Crippen LogP contribution in [0.1, 0.15) is 31.4 Å². The number of hydrogen-bond donors (Lipinski definition) is 1. The van der Waals surface area contributed by atoms with Gasteiger partial charge in [-0.3, -0.25) is 9.69 Å². The van der Waals surface area contributed by atoms with Crippen molar-refractivity contribution in [3.63, 3.8) is 0 Å². The Hall–Kier alpha value is -1.35. The first-order chi connectivity index (χ1) is 8.17. The Morgan fingerprint density at radius 1 is 1.24 bits per heavy atom. The van der Waals surface area contributed by atoms with E-state index in [1.165, 1.54) is 11.1 Å². The molecule has 0 heterocycles. The molecule has 0 saturated heterocycles. The van der Waals surface area contributed by atoms with E-state index in [0.717, 1.165) is 25.9 Å². The number of carboxylic acids is 1. The molecule has 0 saturated carbocycles. The van der Waals surface area contributed by atoms with Gasteiger partial charge in [0.25, 0.3) is 0 Å². The number of carbonyl (C=O) groups is 1. The maximum Gasteiger partial charge on any atom is 0.317 e. The molecule has 0 spiro atoms. The lowest BCUT2D eigenvalue weighted by atomic mass is 10.0. The van der Waals surface area contributed by atoms with Crippen LogP contribution in [0.25, 0.3) is 0 Å². The van der Waals surface area contributed by atoms with Crippen molar-refractivity contribution in [3.8, 4) is 0 Å². The fourth-order valence-corrected chi connectivity index (χ4v) is 2.02. The summed E-state index contributed by atoms with van der Waals surface area (Å²) in [5.74, 6) is -0.757. The molecule has 94 valence electrons. The maximum absolute atomic E-state index is 10.8. The highest BCUT2D eigenvalue weighted by molar-refractivity contribution is 5.69. The van der Waals surface area contributed by atoms with Gasteiger partial charge in [0.05, 0.1) is 6.54 Å². The zero-order chi connectivity index (χ0) is 12.7. The van der Waals surface area contributed by atoms with E-state index in [2.05, 4.69) is 26.0 Å². The van der Waals surface area contributed by atoms with Gasteiger partial charge in [-0.15, -0.1) is 0 Å². The second kappa shape index (κ2) is 7.07. The molecule has 1 rings (SSSR count). The van der Waals surface area contributed by atoms with Gasteiger partial charge >= 0.3 is 5.97 Å². The molecule has 17 heavy (non-hydrogen) atoms. The van der Waals surface area contributed by atoms with Gasteiger partial charge in [0.2, 0.25) is 0 Å². The van der Waals surface area contributed by atoms with Crippen LogP contribution in [0.15, 0.2) is 24.3 Å². The average molecular weight is 235 g/mol. The van der Waals surface area contributed by atoms with Crippen LogP contribution in [0.2, 0.25) is 0 Å². The molecule has 0 atom stereocenters. The number of benzene rings is 1. The summed E-state index contributed by atoms with van der Waals surface area (Å²) in [6.07, 6.45) is 1.96. The highest BCUT2D eigenvalue weighted by Crippen LogP contribution is 2.12. The normalized spacial score (nSPS) is 10.8. The number of nitrogens with zero attached hydrogens (tertiary/aromatic N) is 1. The molecule has 0 bridgehead atoms. The van der Waals surface area contributed by atoms with E-state index >= 15 is 0 Å². The molecule has 3 heteroatoms. The lowest BCUT2D eigenvalue weighted by Crippen LogP contribution is -2.30. The summed E-state index contributed by atoms with van der Waals surface area (Å²) < 4.78 is 0. The minimum Gasteiger partial charge on any atom is -0.480 e. The first-order valence-corrected chi connectivity index (χ1v) is 6.18. The van der Waals surface area contributed by atoms with Gasteiger partial charge in [0.15, 0.2) is 0 Å². The van der Waals surface area contributed by atoms with Crippen molar-refractivity contribution in [2.45, 2.75) is 33.2 Å². The van der Waals surface area contributed by atoms with Crippen molar-refractivity contribution in [1.82, 2.24) is 4.90 Å². The Balaban J connectivity index is 2.74. The van der Waals surface area contributed by atoms with Crippen molar-refractivity contribution >= 4 is 5.97 Å². The Bertz CT molecular complexity index is 363. The molecule has 0 aliphatic heterocycles. The number of aliphatic carboxylic acids is 1. The predicted octanol–water partition coefficient (Wildman–Crippen LogP) is 2.55. The Kier molecular flexibility index (Phi) is 5.70. The summed E-state index contributed by atoms with van der Waals surface area (Å²) in [5.41, 5.74) is 2.55. The maximum atomic E-state index is 10.8. The lowest BCUT2D eigenvalue weighted by molar-refractivity contribution is -0.138. The summed E-state index contributed by atoms with van der Waals surface area (Å²) >= 11 is 0. The third kappa shape index (κ3) is 4.57. The average Bonchev–Trinajstić information content (AvgIpc) is 2.29. The minimum absolute atomic E-state index is 0.117. The Morgan fingerprint density at radius 2 is 1.88 bits per heavy atom. The molecule has 0 aliphatic carbocycles. The van der Waals surface area contributed by atoms with Gasteiger partial charge in [-0.25, -0.2) is 0 Å². The van der Waals surface area contributed by atoms with Crippen molar-refractivity contribution in [2.75, 3.05) is 13.1 Å². The topological polar surface area (TPSA) is 40.5 Å².